The van der Waals surface area contributed by atoms with Gasteiger partial charge in [-0.1, -0.05) is 157 Å². The van der Waals surface area contributed by atoms with Gasteiger partial charge < -0.3 is 33.3 Å². The molecule has 9 nitrogen and oxygen atoms in total. The van der Waals surface area contributed by atoms with Crippen LogP contribution < -0.4 is 5.11 Å². The summed E-state index contributed by atoms with van der Waals surface area (Å²) >= 11 is 0. The monoisotopic (exact) mass is 812 g/mol. The van der Waals surface area contributed by atoms with E-state index in [1.54, 1.807) is 0 Å². The Bertz CT molecular complexity index is 1220. The summed E-state index contributed by atoms with van der Waals surface area (Å²) in [6.45, 7) is 4.51. The topological polar surface area (TPSA) is 111 Å². The molecule has 0 aliphatic carbocycles. The molecule has 2 unspecified atom stereocenters. The fraction of sp³-hybridized carbons (Fsp3) is 0.653. The third-order valence-electron chi connectivity index (χ3n) is 8.91. The van der Waals surface area contributed by atoms with Crippen LogP contribution in [0.1, 0.15) is 149 Å². The van der Waals surface area contributed by atoms with E-state index in [4.69, 9.17) is 18.9 Å². The van der Waals surface area contributed by atoms with Crippen LogP contribution in [0.4, 0.5) is 0 Å². The molecule has 0 aliphatic rings. The zero-order valence-electron chi connectivity index (χ0n) is 37.1. The SMILES string of the molecule is CC/C=C\C/C=C\C/C=C\C/C=C\C/C=C\C/C=C\C/C=C\CCCC(=O)OC(COC(=O)CCCCCCCCCCCC)COC(OCC[N+](C)(C)C)C(=O)[O-]. The van der Waals surface area contributed by atoms with Crippen LogP contribution in [0.15, 0.2) is 85.1 Å². The van der Waals surface area contributed by atoms with Crippen molar-refractivity contribution < 1.29 is 42.9 Å². The molecule has 0 saturated carbocycles. The molecule has 0 bridgehead atoms. The number of unbranched alkanes of at least 4 members (excludes halogenated alkanes) is 10. The molecular formula is C49H81NO8. The Labute approximate surface area is 353 Å². The summed E-state index contributed by atoms with van der Waals surface area (Å²) in [6, 6.07) is 0. The molecule has 0 spiro atoms. The lowest BCUT2D eigenvalue weighted by atomic mass is 10.1. The first-order chi connectivity index (χ1) is 28.1. The van der Waals surface area contributed by atoms with Crippen LogP contribution in [0.3, 0.4) is 0 Å². The molecule has 0 aliphatic heterocycles. The minimum atomic E-state index is -1.64. The molecule has 0 amide bonds. The highest BCUT2D eigenvalue weighted by Gasteiger charge is 2.21. The van der Waals surface area contributed by atoms with E-state index in [0.717, 1.165) is 64.2 Å². The van der Waals surface area contributed by atoms with E-state index in [2.05, 4.69) is 92.8 Å². The predicted octanol–water partition coefficient (Wildman–Crippen LogP) is 10.4. The van der Waals surface area contributed by atoms with Crippen LogP contribution in [0, 0.1) is 0 Å². The molecule has 0 aromatic heterocycles. The highest BCUT2D eigenvalue weighted by Crippen LogP contribution is 2.12. The van der Waals surface area contributed by atoms with Crippen molar-refractivity contribution in [1.82, 2.24) is 0 Å². The summed E-state index contributed by atoms with van der Waals surface area (Å²) in [5, 5.41) is 11.7. The van der Waals surface area contributed by atoms with Gasteiger partial charge in [0.15, 0.2) is 12.4 Å². The molecule has 0 aromatic rings. The molecule has 0 rings (SSSR count). The Hall–Kier alpha value is -3.53. The maximum Gasteiger partial charge on any atom is 0.306 e. The van der Waals surface area contributed by atoms with Crippen LogP contribution in [0.5, 0.6) is 0 Å². The number of carboxylic acid groups (broad SMARTS) is 1. The Morgan fingerprint density at radius 3 is 1.45 bits per heavy atom. The highest BCUT2D eigenvalue weighted by atomic mass is 16.7. The Kier molecular flexibility index (Phi) is 37.8. The zero-order chi connectivity index (χ0) is 42.8. The van der Waals surface area contributed by atoms with E-state index in [-0.39, 0.29) is 38.6 Å². The first-order valence-corrected chi connectivity index (χ1v) is 22.2. The summed E-state index contributed by atoms with van der Waals surface area (Å²) in [5.74, 6) is -2.38. The summed E-state index contributed by atoms with van der Waals surface area (Å²) in [7, 11) is 5.88. The number of nitrogens with zero attached hydrogens (tertiary/aromatic N) is 1. The number of rotatable bonds is 39. The van der Waals surface area contributed by atoms with Gasteiger partial charge in [0.1, 0.15) is 13.2 Å². The summed E-state index contributed by atoms with van der Waals surface area (Å²) in [4.78, 5) is 36.9. The van der Waals surface area contributed by atoms with Crippen LogP contribution in [0.25, 0.3) is 0 Å². The van der Waals surface area contributed by atoms with Crippen molar-refractivity contribution in [2.45, 2.75) is 161 Å². The van der Waals surface area contributed by atoms with E-state index in [0.29, 0.717) is 23.9 Å². The van der Waals surface area contributed by atoms with Crippen molar-refractivity contribution >= 4 is 17.9 Å². The number of ether oxygens (including phenoxy) is 4. The lowest BCUT2D eigenvalue weighted by Gasteiger charge is -2.26. The van der Waals surface area contributed by atoms with Gasteiger partial charge in [-0.05, 0) is 64.2 Å². The van der Waals surface area contributed by atoms with Gasteiger partial charge in [-0.15, -0.1) is 0 Å². The Morgan fingerprint density at radius 1 is 0.534 bits per heavy atom. The van der Waals surface area contributed by atoms with E-state index in [9.17, 15) is 19.5 Å². The minimum absolute atomic E-state index is 0.133. The smallest absolute Gasteiger partial charge is 0.306 e. The number of esters is 2. The standard InChI is InChI=1S/C49H81NO8/c1-6-8-10-12-14-16-18-19-20-21-22-23-24-25-26-27-28-29-30-32-34-36-38-40-47(52)58-45(44-57-49(48(53)54)55-42-41-50(3,4)5)43-56-46(51)39-37-35-33-31-17-15-13-11-9-7-2/h8,10,14,16,19-20,22-23,25-26,28-29,32,34,45,49H,6-7,9,11-13,15,17-18,21,24,27,30-31,33,35-44H2,1-5H3/b10-8-,16-14-,20-19-,23-22-,26-25-,29-28-,34-32-. The molecule has 9 heteroatoms. The third kappa shape index (κ3) is 40.7. The minimum Gasteiger partial charge on any atom is -0.545 e. The molecule has 330 valence electrons. The molecule has 0 fully saturated rings. The second-order valence-corrected chi connectivity index (χ2v) is 15.6. The first kappa shape index (κ1) is 54.5. The predicted molar refractivity (Wildman–Crippen MR) is 237 cm³/mol. The van der Waals surface area contributed by atoms with E-state index in [1.165, 1.54) is 44.9 Å². The fourth-order valence-corrected chi connectivity index (χ4v) is 5.46. The van der Waals surface area contributed by atoms with Crippen molar-refractivity contribution in [3.05, 3.63) is 85.1 Å². The maximum atomic E-state index is 12.7. The number of hydrogen-bond acceptors (Lipinski definition) is 8. The zero-order valence-corrected chi connectivity index (χ0v) is 37.1. The third-order valence-corrected chi connectivity index (χ3v) is 8.91. The lowest BCUT2D eigenvalue weighted by Crippen LogP contribution is -2.44. The van der Waals surface area contributed by atoms with Crippen molar-refractivity contribution in [1.29, 1.82) is 0 Å². The molecule has 58 heavy (non-hydrogen) atoms. The van der Waals surface area contributed by atoms with Gasteiger partial charge in [-0.2, -0.15) is 0 Å². The summed E-state index contributed by atoms with van der Waals surface area (Å²) < 4.78 is 22.4. The van der Waals surface area contributed by atoms with Gasteiger partial charge in [0.2, 0.25) is 0 Å². The molecule has 0 radical (unpaired) electrons. The van der Waals surface area contributed by atoms with Gasteiger partial charge in [0.05, 0.1) is 40.3 Å². The van der Waals surface area contributed by atoms with Crippen LogP contribution >= 0.6 is 0 Å². The summed E-state index contributed by atoms with van der Waals surface area (Å²) in [5.41, 5.74) is 0. The quantitative estimate of drug-likeness (QED) is 0.0198. The number of carbonyl (C=O) groups excluding carboxylic acids is 3. The highest BCUT2D eigenvalue weighted by molar-refractivity contribution is 5.70. The maximum absolute atomic E-state index is 12.7. The molecular weight excluding hydrogens is 731 g/mol. The number of likely N-dealkylation sites (N-methyl/N-ethyl adjacent to an activating group) is 1. The van der Waals surface area contributed by atoms with Crippen LogP contribution in [-0.2, 0) is 33.3 Å². The van der Waals surface area contributed by atoms with E-state index >= 15 is 0 Å². The number of hydrogen-bond donors (Lipinski definition) is 0. The van der Waals surface area contributed by atoms with Gasteiger partial charge >= 0.3 is 11.9 Å². The Balaban J connectivity index is 4.53. The number of aliphatic carboxylic acids is 1. The number of carbonyl (C=O) groups is 3. The second kappa shape index (κ2) is 40.3. The lowest BCUT2D eigenvalue weighted by molar-refractivity contribution is -0.870. The van der Waals surface area contributed by atoms with Crippen molar-refractivity contribution in [3.8, 4) is 0 Å². The van der Waals surface area contributed by atoms with Crippen LogP contribution in [0.2, 0.25) is 0 Å². The molecule has 0 N–H and O–H groups in total. The molecule has 0 saturated heterocycles. The Morgan fingerprint density at radius 2 is 0.983 bits per heavy atom. The van der Waals surface area contributed by atoms with E-state index < -0.39 is 24.3 Å². The average molecular weight is 812 g/mol. The van der Waals surface area contributed by atoms with Gasteiger partial charge in [0, 0.05) is 12.8 Å². The average Bonchev–Trinajstić information content (AvgIpc) is 3.18. The molecule has 0 heterocycles. The van der Waals surface area contributed by atoms with Gasteiger partial charge in [-0.25, -0.2) is 0 Å². The van der Waals surface area contributed by atoms with E-state index in [1.807, 2.05) is 27.2 Å². The van der Waals surface area contributed by atoms with Gasteiger partial charge in [0.25, 0.3) is 0 Å². The molecule has 2 atom stereocenters. The van der Waals surface area contributed by atoms with Gasteiger partial charge in [-0.3, -0.25) is 9.59 Å². The summed E-state index contributed by atoms with van der Waals surface area (Å²) in [6.07, 6.45) is 47.7. The van der Waals surface area contributed by atoms with Crippen molar-refractivity contribution in [2.75, 3.05) is 47.5 Å². The first-order valence-electron chi connectivity index (χ1n) is 22.2. The molecule has 0 aromatic carbocycles. The van der Waals surface area contributed by atoms with Crippen molar-refractivity contribution in [3.63, 3.8) is 0 Å². The number of quaternary nitrogens is 1. The van der Waals surface area contributed by atoms with Crippen LogP contribution in [-0.4, -0.2) is 82.3 Å². The van der Waals surface area contributed by atoms with Crippen molar-refractivity contribution in [2.24, 2.45) is 0 Å². The number of allylic oxidation sites excluding steroid dienone is 14. The second-order valence-electron chi connectivity index (χ2n) is 15.6. The largest absolute Gasteiger partial charge is 0.545 e. The number of carboxylic acids is 1. The normalized spacial score (nSPS) is 13.7. The fourth-order valence-electron chi connectivity index (χ4n) is 5.46.